The molecule has 2 aromatic rings. The molecule has 0 bridgehead atoms. The lowest BCUT2D eigenvalue weighted by Crippen LogP contribution is -2.37. The first-order valence-corrected chi connectivity index (χ1v) is 7.19. The predicted octanol–water partition coefficient (Wildman–Crippen LogP) is 2.28. The van der Waals surface area contributed by atoms with E-state index >= 15 is 0 Å². The number of rotatable bonds is 4. The van der Waals surface area contributed by atoms with Crippen molar-refractivity contribution in [3.05, 3.63) is 36.7 Å². The molecule has 110 valence electrons. The van der Waals surface area contributed by atoms with Crippen LogP contribution in [0.1, 0.15) is 12.8 Å². The summed E-state index contributed by atoms with van der Waals surface area (Å²) in [6, 6.07) is 7.71. The zero-order valence-electron chi connectivity index (χ0n) is 12.1. The van der Waals surface area contributed by atoms with Crippen LogP contribution in [0.15, 0.2) is 36.7 Å². The van der Waals surface area contributed by atoms with Gasteiger partial charge < -0.3 is 14.8 Å². The lowest BCUT2D eigenvalue weighted by atomic mass is 10.1. The average Bonchev–Trinajstić information content (AvgIpc) is 2.56. The van der Waals surface area contributed by atoms with Crippen LogP contribution < -0.4 is 14.8 Å². The average molecular weight is 285 g/mol. The van der Waals surface area contributed by atoms with Crippen molar-refractivity contribution < 1.29 is 9.47 Å². The Morgan fingerprint density at radius 3 is 2.71 bits per heavy atom. The van der Waals surface area contributed by atoms with Gasteiger partial charge in [0.2, 0.25) is 0 Å². The number of methoxy groups -OCH3 is 1. The first kappa shape index (κ1) is 13.8. The molecule has 1 aliphatic heterocycles. The van der Waals surface area contributed by atoms with Gasteiger partial charge in [0.05, 0.1) is 25.1 Å². The summed E-state index contributed by atoms with van der Waals surface area (Å²) in [4.78, 5) is 8.77. The van der Waals surface area contributed by atoms with Gasteiger partial charge in [0.1, 0.15) is 11.9 Å². The highest BCUT2D eigenvalue weighted by molar-refractivity contribution is 5.63. The zero-order valence-corrected chi connectivity index (χ0v) is 12.1. The van der Waals surface area contributed by atoms with E-state index in [-0.39, 0.29) is 6.10 Å². The Kier molecular flexibility index (Phi) is 4.31. The largest absolute Gasteiger partial charge is 0.496 e. The van der Waals surface area contributed by atoms with Crippen LogP contribution in [0.3, 0.4) is 0 Å². The van der Waals surface area contributed by atoms with Crippen molar-refractivity contribution in [3.8, 4) is 22.9 Å². The highest BCUT2D eigenvalue weighted by Crippen LogP contribution is 2.27. The number of aromatic nitrogens is 2. The number of hydrogen-bond acceptors (Lipinski definition) is 5. The fourth-order valence-electron chi connectivity index (χ4n) is 2.46. The molecule has 1 aliphatic rings. The summed E-state index contributed by atoms with van der Waals surface area (Å²) in [6.45, 7) is 1.96. The monoisotopic (exact) mass is 285 g/mol. The summed E-state index contributed by atoms with van der Waals surface area (Å²) in [5.41, 5.74) is 0.880. The maximum absolute atomic E-state index is 5.88. The quantitative estimate of drug-likeness (QED) is 0.934. The maximum atomic E-state index is 5.88. The zero-order chi connectivity index (χ0) is 14.5. The molecule has 3 rings (SSSR count). The molecule has 1 saturated heterocycles. The second-order valence-electron chi connectivity index (χ2n) is 5.03. The molecule has 0 amide bonds. The summed E-state index contributed by atoms with van der Waals surface area (Å²) < 4.78 is 11.2. The molecule has 0 saturated carbocycles. The standard InChI is InChI=1S/C16H19N3O2/c1-20-15-7-3-2-6-14(15)16-18-10-13(11-19-16)21-12-5-4-8-17-9-12/h2-3,6-7,10-12,17H,4-5,8-9H2,1H3. The minimum Gasteiger partial charge on any atom is -0.496 e. The highest BCUT2D eigenvalue weighted by Gasteiger charge is 2.15. The Balaban J connectivity index is 1.74. The molecule has 0 spiro atoms. The second kappa shape index (κ2) is 6.54. The number of benzene rings is 1. The number of hydrogen-bond donors (Lipinski definition) is 1. The van der Waals surface area contributed by atoms with Crippen LogP contribution >= 0.6 is 0 Å². The van der Waals surface area contributed by atoms with Crippen molar-refractivity contribution in [2.45, 2.75) is 18.9 Å². The molecule has 1 N–H and O–H groups in total. The third-order valence-corrected chi connectivity index (χ3v) is 3.53. The van der Waals surface area contributed by atoms with E-state index < -0.39 is 0 Å². The molecular weight excluding hydrogens is 266 g/mol. The molecule has 5 heteroatoms. The van der Waals surface area contributed by atoms with E-state index in [2.05, 4.69) is 15.3 Å². The van der Waals surface area contributed by atoms with Crippen LogP contribution in [0.2, 0.25) is 0 Å². The summed E-state index contributed by atoms with van der Waals surface area (Å²) in [5.74, 6) is 2.12. The van der Waals surface area contributed by atoms with Crippen molar-refractivity contribution >= 4 is 0 Å². The van der Waals surface area contributed by atoms with Crippen molar-refractivity contribution in [2.24, 2.45) is 0 Å². The van der Waals surface area contributed by atoms with E-state index in [4.69, 9.17) is 9.47 Å². The molecule has 1 fully saturated rings. The second-order valence-corrected chi connectivity index (χ2v) is 5.03. The van der Waals surface area contributed by atoms with Crippen molar-refractivity contribution in [1.82, 2.24) is 15.3 Å². The minimum absolute atomic E-state index is 0.208. The predicted molar refractivity (Wildman–Crippen MR) is 80.5 cm³/mol. The lowest BCUT2D eigenvalue weighted by Gasteiger charge is -2.23. The van der Waals surface area contributed by atoms with Crippen LogP contribution in [0, 0.1) is 0 Å². The molecule has 2 heterocycles. The topological polar surface area (TPSA) is 56.3 Å². The SMILES string of the molecule is COc1ccccc1-c1ncc(OC2CCCNC2)cn1. The molecular formula is C16H19N3O2. The van der Waals surface area contributed by atoms with Crippen molar-refractivity contribution in [3.63, 3.8) is 0 Å². The molecule has 0 radical (unpaired) electrons. The van der Waals surface area contributed by atoms with E-state index in [1.807, 2.05) is 24.3 Å². The van der Waals surface area contributed by atoms with Gasteiger partial charge in [-0.2, -0.15) is 0 Å². The number of piperidine rings is 1. The number of nitrogens with one attached hydrogen (secondary N) is 1. The minimum atomic E-state index is 0.208. The molecule has 21 heavy (non-hydrogen) atoms. The molecule has 1 unspecified atom stereocenters. The third-order valence-electron chi connectivity index (χ3n) is 3.53. The van der Waals surface area contributed by atoms with E-state index in [0.717, 1.165) is 37.2 Å². The first-order valence-electron chi connectivity index (χ1n) is 7.19. The van der Waals surface area contributed by atoms with Gasteiger partial charge in [-0.25, -0.2) is 9.97 Å². The fourth-order valence-corrected chi connectivity index (χ4v) is 2.46. The van der Waals surface area contributed by atoms with Gasteiger partial charge in [-0.05, 0) is 31.5 Å². The van der Waals surface area contributed by atoms with E-state index in [9.17, 15) is 0 Å². The molecule has 5 nitrogen and oxygen atoms in total. The Morgan fingerprint density at radius 1 is 1.19 bits per heavy atom. The first-order chi connectivity index (χ1) is 10.4. The van der Waals surface area contributed by atoms with Gasteiger partial charge in [0.25, 0.3) is 0 Å². The molecule has 1 aromatic heterocycles. The molecule has 1 aromatic carbocycles. The van der Waals surface area contributed by atoms with Gasteiger partial charge in [-0.15, -0.1) is 0 Å². The van der Waals surface area contributed by atoms with E-state index in [0.29, 0.717) is 11.6 Å². The Hall–Kier alpha value is -2.14. The highest BCUT2D eigenvalue weighted by atomic mass is 16.5. The number of para-hydroxylation sites is 1. The Bertz CT molecular complexity index is 580. The van der Waals surface area contributed by atoms with Gasteiger partial charge in [0, 0.05) is 6.54 Å². The van der Waals surface area contributed by atoms with Crippen LogP contribution in [0.4, 0.5) is 0 Å². The van der Waals surface area contributed by atoms with Crippen LogP contribution in [0.25, 0.3) is 11.4 Å². The Morgan fingerprint density at radius 2 is 2.00 bits per heavy atom. The summed E-state index contributed by atoms with van der Waals surface area (Å²) >= 11 is 0. The lowest BCUT2D eigenvalue weighted by molar-refractivity contribution is 0.166. The van der Waals surface area contributed by atoms with E-state index in [1.54, 1.807) is 19.5 Å². The third kappa shape index (κ3) is 3.31. The Labute approximate surface area is 124 Å². The van der Waals surface area contributed by atoms with Crippen LogP contribution in [0.5, 0.6) is 11.5 Å². The summed E-state index contributed by atoms with van der Waals surface area (Å²) in [7, 11) is 1.65. The van der Waals surface area contributed by atoms with Crippen LogP contribution in [-0.2, 0) is 0 Å². The van der Waals surface area contributed by atoms with Gasteiger partial charge in [-0.1, -0.05) is 12.1 Å². The van der Waals surface area contributed by atoms with Crippen molar-refractivity contribution in [1.29, 1.82) is 0 Å². The number of nitrogens with zero attached hydrogens (tertiary/aromatic N) is 2. The van der Waals surface area contributed by atoms with Gasteiger partial charge in [0.15, 0.2) is 11.6 Å². The van der Waals surface area contributed by atoms with Crippen molar-refractivity contribution in [2.75, 3.05) is 20.2 Å². The van der Waals surface area contributed by atoms with Gasteiger partial charge in [-0.3, -0.25) is 0 Å². The molecule has 0 aliphatic carbocycles. The molecule has 1 atom stereocenters. The normalized spacial score (nSPS) is 18.2. The summed E-state index contributed by atoms with van der Waals surface area (Å²) in [6.07, 6.45) is 5.87. The maximum Gasteiger partial charge on any atom is 0.163 e. The van der Waals surface area contributed by atoms with Gasteiger partial charge >= 0.3 is 0 Å². The van der Waals surface area contributed by atoms with E-state index in [1.165, 1.54) is 0 Å². The fraction of sp³-hybridized carbons (Fsp3) is 0.375. The summed E-state index contributed by atoms with van der Waals surface area (Å²) in [5, 5.41) is 3.33. The number of ether oxygens (including phenoxy) is 2. The smallest absolute Gasteiger partial charge is 0.163 e. The van der Waals surface area contributed by atoms with Crippen LogP contribution in [-0.4, -0.2) is 36.3 Å².